The van der Waals surface area contributed by atoms with E-state index in [0.29, 0.717) is 17.7 Å². The summed E-state index contributed by atoms with van der Waals surface area (Å²) in [7, 11) is 0. The topological polar surface area (TPSA) is 43.8 Å². The highest BCUT2D eigenvalue weighted by Gasteiger charge is 2.38. The molecular weight excluding hydrogens is 420 g/mol. The van der Waals surface area contributed by atoms with Crippen LogP contribution in [0.5, 0.6) is 0 Å². The zero-order chi connectivity index (χ0) is 19.1. The Bertz CT molecular complexity index is 844. The zero-order valence-corrected chi connectivity index (χ0v) is 14.8. The van der Waals surface area contributed by atoms with Crippen molar-refractivity contribution in [3.05, 3.63) is 69.4 Å². The third kappa shape index (κ3) is 3.60. The number of hydrogen-bond acceptors (Lipinski definition) is 3. The van der Waals surface area contributed by atoms with E-state index in [1.54, 1.807) is 24.3 Å². The molecule has 0 spiro atoms. The van der Waals surface area contributed by atoms with Gasteiger partial charge < -0.3 is 10.1 Å². The van der Waals surface area contributed by atoms with Gasteiger partial charge in [-0.05, 0) is 35.9 Å². The van der Waals surface area contributed by atoms with Crippen molar-refractivity contribution in [2.75, 3.05) is 13.1 Å². The molecule has 0 aromatic heterocycles. The Balaban J connectivity index is 1.94. The summed E-state index contributed by atoms with van der Waals surface area (Å²) in [6.45, 7) is 0.234. The van der Waals surface area contributed by atoms with Gasteiger partial charge in [0.25, 0.3) is 5.91 Å². The van der Waals surface area contributed by atoms with E-state index < -0.39 is 35.2 Å². The van der Waals surface area contributed by atoms with Gasteiger partial charge in [0, 0.05) is 17.6 Å². The number of alkyl halides is 3. The molecular formula is C17H13BrF4N2O2. The smallest absolute Gasteiger partial charge is 0.315 e. The second kappa shape index (κ2) is 6.98. The van der Waals surface area contributed by atoms with Crippen LogP contribution in [0.4, 0.5) is 17.6 Å². The standard InChI is InChI=1S/C17H13BrF4N2O2/c18-12-3-1-2-10(8-12)15-23(6-7-24(15)26)16(25)13-5-4-11(9-14(13)19)17(20,21)22/h1-5,8-9,15,26H,6-7H2. The van der Waals surface area contributed by atoms with Gasteiger partial charge in [-0.3, -0.25) is 4.79 Å². The maximum Gasteiger partial charge on any atom is 0.416 e. The van der Waals surface area contributed by atoms with E-state index in [1.807, 2.05) is 0 Å². The lowest BCUT2D eigenvalue weighted by molar-refractivity contribution is -0.137. The number of benzene rings is 2. The molecule has 1 N–H and O–H groups in total. The SMILES string of the molecule is O=C(c1ccc(C(F)(F)F)cc1F)N1CCN(O)C1c1cccc(Br)c1. The van der Waals surface area contributed by atoms with Crippen LogP contribution in [-0.2, 0) is 6.18 Å². The largest absolute Gasteiger partial charge is 0.416 e. The Kier molecular flexibility index (Phi) is 5.05. The van der Waals surface area contributed by atoms with Gasteiger partial charge in [-0.25, -0.2) is 4.39 Å². The van der Waals surface area contributed by atoms with Crippen LogP contribution in [-0.4, -0.2) is 34.2 Å². The number of carbonyl (C=O) groups excluding carboxylic acids is 1. The van der Waals surface area contributed by atoms with Crippen LogP contribution in [0.15, 0.2) is 46.9 Å². The van der Waals surface area contributed by atoms with E-state index in [2.05, 4.69) is 15.9 Å². The summed E-state index contributed by atoms with van der Waals surface area (Å²) >= 11 is 3.30. The first-order valence-electron chi connectivity index (χ1n) is 7.57. The fourth-order valence-electron chi connectivity index (χ4n) is 2.87. The molecule has 26 heavy (non-hydrogen) atoms. The average Bonchev–Trinajstić information content (AvgIpc) is 2.95. The Morgan fingerprint density at radius 2 is 1.88 bits per heavy atom. The molecule has 0 aliphatic carbocycles. The highest BCUT2D eigenvalue weighted by atomic mass is 79.9. The third-order valence-electron chi connectivity index (χ3n) is 4.08. The molecule has 4 nitrogen and oxygen atoms in total. The van der Waals surface area contributed by atoms with Gasteiger partial charge in [0.05, 0.1) is 11.1 Å². The van der Waals surface area contributed by atoms with Gasteiger partial charge in [-0.2, -0.15) is 18.2 Å². The van der Waals surface area contributed by atoms with E-state index in [0.717, 1.165) is 15.6 Å². The van der Waals surface area contributed by atoms with Crippen LogP contribution < -0.4 is 0 Å². The number of halogens is 5. The van der Waals surface area contributed by atoms with Gasteiger partial charge in [0.15, 0.2) is 0 Å². The molecule has 0 saturated carbocycles. The zero-order valence-electron chi connectivity index (χ0n) is 13.2. The fourth-order valence-corrected chi connectivity index (χ4v) is 3.28. The van der Waals surface area contributed by atoms with Crippen molar-refractivity contribution in [2.24, 2.45) is 0 Å². The Labute approximate surface area is 154 Å². The first-order valence-corrected chi connectivity index (χ1v) is 8.36. The maximum absolute atomic E-state index is 14.1. The Hall–Kier alpha value is -1.97. The van der Waals surface area contributed by atoms with E-state index in [4.69, 9.17) is 0 Å². The molecule has 0 bridgehead atoms. The van der Waals surface area contributed by atoms with Crippen molar-refractivity contribution in [2.45, 2.75) is 12.3 Å². The second-order valence-electron chi connectivity index (χ2n) is 5.78. The minimum atomic E-state index is -4.70. The second-order valence-corrected chi connectivity index (χ2v) is 6.70. The molecule has 1 heterocycles. The van der Waals surface area contributed by atoms with Crippen LogP contribution in [0.25, 0.3) is 0 Å². The van der Waals surface area contributed by atoms with Crippen LogP contribution in [0.3, 0.4) is 0 Å². The number of carbonyl (C=O) groups is 1. The highest BCUT2D eigenvalue weighted by molar-refractivity contribution is 9.10. The first kappa shape index (κ1) is 18.8. The summed E-state index contributed by atoms with van der Waals surface area (Å²) in [5, 5.41) is 11.0. The van der Waals surface area contributed by atoms with Gasteiger partial charge >= 0.3 is 6.18 Å². The molecule has 1 fully saturated rings. The van der Waals surface area contributed by atoms with Crippen molar-refractivity contribution in [1.29, 1.82) is 0 Å². The number of amides is 1. The van der Waals surface area contributed by atoms with E-state index >= 15 is 0 Å². The van der Waals surface area contributed by atoms with Crippen LogP contribution in [0.2, 0.25) is 0 Å². The predicted molar refractivity (Wildman–Crippen MR) is 87.8 cm³/mol. The summed E-state index contributed by atoms with van der Waals surface area (Å²) in [5.41, 5.74) is -1.06. The van der Waals surface area contributed by atoms with Gasteiger partial charge in [0.1, 0.15) is 12.0 Å². The van der Waals surface area contributed by atoms with Crippen molar-refractivity contribution in [3.63, 3.8) is 0 Å². The molecule has 0 radical (unpaired) electrons. The fraction of sp³-hybridized carbons (Fsp3) is 0.235. The minimum Gasteiger partial charge on any atom is -0.315 e. The Morgan fingerprint density at radius 1 is 1.15 bits per heavy atom. The van der Waals surface area contributed by atoms with Gasteiger partial charge in [0.2, 0.25) is 0 Å². The lowest BCUT2D eigenvalue weighted by Crippen LogP contribution is -2.34. The minimum absolute atomic E-state index is 0.104. The van der Waals surface area contributed by atoms with E-state index in [9.17, 15) is 27.6 Å². The highest BCUT2D eigenvalue weighted by Crippen LogP contribution is 2.33. The quantitative estimate of drug-likeness (QED) is 0.712. The molecule has 2 aromatic carbocycles. The summed E-state index contributed by atoms with van der Waals surface area (Å²) in [6.07, 6.45) is -5.56. The summed E-state index contributed by atoms with van der Waals surface area (Å²) < 4.78 is 52.9. The molecule has 1 saturated heterocycles. The van der Waals surface area contributed by atoms with Crippen molar-refractivity contribution >= 4 is 21.8 Å². The van der Waals surface area contributed by atoms with Gasteiger partial charge in [-0.15, -0.1) is 0 Å². The Morgan fingerprint density at radius 3 is 2.50 bits per heavy atom. The van der Waals surface area contributed by atoms with Crippen LogP contribution in [0.1, 0.15) is 27.7 Å². The summed E-state index contributed by atoms with van der Waals surface area (Å²) in [4.78, 5) is 13.9. The predicted octanol–water partition coefficient (Wildman–Crippen LogP) is 4.45. The number of rotatable bonds is 2. The lowest BCUT2D eigenvalue weighted by atomic mass is 10.1. The molecule has 1 atom stereocenters. The lowest BCUT2D eigenvalue weighted by Gasteiger charge is -2.27. The monoisotopic (exact) mass is 432 g/mol. The first-order chi connectivity index (χ1) is 12.2. The molecule has 9 heteroatoms. The normalized spacial score (nSPS) is 18.4. The molecule has 1 unspecified atom stereocenters. The van der Waals surface area contributed by atoms with Crippen LogP contribution in [0, 0.1) is 5.82 Å². The average molecular weight is 433 g/mol. The molecule has 138 valence electrons. The van der Waals surface area contributed by atoms with Crippen molar-refractivity contribution in [3.8, 4) is 0 Å². The maximum atomic E-state index is 14.1. The number of hydroxylamine groups is 2. The summed E-state index contributed by atoms with van der Waals surface area (Å²) in [6, 6.07) is 8.65. The summed E-state index contributed by atoms with van der Waals surface area (Å²) in [5.74, 6) is -2.05. The van der Waals surface area contributed by atoms with E-state index in [-0.39, 0.29) is 13.1 Å². The van der Waals surface area contributed by atoms with Crippen molar-refractivity contribution in [1.82, 2.24) is 9.96 Å². The molecule has 1 aliphatic rings. The molecule has 1 aliphatic heterocycles. The van der Waals surface area contributed by atoms with E-state index in [1.165, 1.54) is 4.90 Å². The van der Waals surface area contributed by atoms with Crippen molar-refractivity contribution < 1.29 is 27.6 Å². The molecule has 1 amide bonds. The molecule has 3 rings (SSSR count). The van der Waals surface area contributed by atoms with Crippen LogP contribution >= 0.6 is 15.9 Å². The van der Waals surface area contributed by atoms with Gasteiger partial charge in [-0.1, -0.05) is 28.1 Å². The molecule has 2 aromatic rings. The number of nitrogens with zero attached hydrogens (tertiary/aromatic N) is 2. The third-order valence-corrected chi connectivity index (χ3v) is 4.58. The number of hydrogen-bond donors (Lipinski definition) is 1.